The average Bonchev–Trinajstić information content (AvgIpc) is 2.85. The van der Waals surface area contributed by atoms with Crippen LogP contribution in [0.3, 0.4) is 0 Å². The molecule has 3 N–H and O–H groups in total. The van der Waals surface area contributed by atoms with Gasteiger partial charge in [-0.05, 0) is 31.0 Å². The number of alkyl halides is 3. The Morgan fingerprint density at radius 1 is 1.29 bits per heavy atom. The maximum atomic E-state index is 12.6. The predicted molar refractivity (Wildman–Crippen MR) is 56.2 cm³/mol. The number of aromatic nitrogens is 2. The third-order valence-electron chi connectivity index (χ3n) is 3.17. The summed E-state index contributed by atoms with van der Waals surface area (Å²) in [5.74, 6) is 0. The number of aromatic amines is 1. The molecular weight excluding hydrogens is 231 g/mol. The molecular formula is C11H10F3N3. The Kier molecular flexibility index (Phi) is 1.87. The summed E-state index contributed by atoms with van der Waals surface area (Å²) in [5, 5.41) is 7.20. The van der Waals surface area contributed by atoms with Crippen LogP contribution in [0.4, 0.5) is 13.2 Å². The van der Waals surface area contributed by atoms with Crippen LogP contribution in [0.2, 0.25) is 0 Å². The van der Waals surface area contributed by atoms with Gasteiger partial charge in [0.05, 0.1) is 22.3 Å². The summed E-state index contributed by atoms with van der Waals surface area (Å²) in [6, 6.07) is 3.51. The zero-order valence-electron chi connectivity index (χ0n) is 8.80. The molecule has 0 aliphatic heterocycles. The molecule has 1 aromatic heterocycles. The molecule has 1 aromatic carbocycles. The Hall–Kier alpha value is -1.56. The molecule has 1 aliphatic carbocycles. The number of benzene rings is 1. The van der Waals surface area contributed by atoms with Crippen molar-refractivity contribution in [3.05, 3.63) is 29.5 Å². The van der Waals surface area contributed by atoms with E-state index in [0.29, 0.717) is 16.6 Å². The summed E-state index contributed by atoms with van der Waals surface area (Å²) in [6.45, 7) is 0. The molecule has 0 bridgehead atoms. The number of nitrogens with two attached hydrogens (primary N) is 1. The van der Waals surface area contributed by atoms with E-state index in [1.165, 1.54) is 6.07 Å². The second kappa shape index (κ2) is 3.01. The second-order valence-corrected chi connectivity index (χ2v) is 4.48. The first-order chi connectivity index (χ1) is 7.90. The van der Waals surface area contributed by atoms with E-state index in [2.05, 4.69) is 10.2 Å². The minimum Gasteiger partial charge on any atom is -0.320 e. The van der Waals surface area contributed by atoms with Crippen LogP contribution >= 0.6 is 0 Å². The molecule has 0 spiro atoms. The van der Waals surface area contributed by atoms with Crippen LogP contribution in [-0.2, 0) is 11.7 Å². The highest BCUT2D eigenvalue weighted by atomic mass is 19.4. The summed E-state index contributed by atoms with van der Waals surface area (Å²) >= 11 is 0. The molecule has 3 rings (SSSR count). The van der Waals surface area contributed by atoms with Crippen LogP contribution in [0.15, 0.2) is 18.2 Å². The second-order valence-electron chi connectivity index (χ2n) is 4.48. The highest BCUT2D eigenvalue weighted by molar-refractivity contribution is 5.83. The maximum absolute atomic E-state index is 12.6. The minimum absolute atomic E-state index is 0.472. The SMILES string of the molecule is NC1(c2[nH]nc3ccc(C(F)(F)F)cc23)CC1. The normalized spacial score (nSPS) is 18.6. The van der Waals surface area contributed by atoms with Gasteiger partial charge < -0.3 is 5.73 Å². The van der Waals surface area contributed by atoms with Crippen molar-refractivity contribution in [3.63, 3.8) is 0 Å². The molecule has 2 aromatic rings. The van der Waals surface area contributed by atoms with E-state index >= 15 is 0 Å². The van der Waals surface area contributed by atoms with Gasteiger partial charge in [0.25, 0.3) is 0 Å². The van der Waals surface area contributed by atoms with E-state index in [1.54, 1.807) is 0 Å². The summed E-state index contributed by atoms with van der Waals surface area (Å²) in [6.07, 6.45) is -2.78. The molecule has 0 saturated heterocycles. The van der Waals surface area contributed by atoms with Gasteiger partial charge >= 0.3 is 6.18 Å². The minimum atomic E-state index is -4.34. The number of H-pyrrole nitrogens is 1. The first-order valence-corrected chi connectivity index (χ1v) is 5.25. The number of rotatable bonds is 1. The monoisotopic (exact) mass is 241 g/mol. The number of halogens is 3. The fourth-order valence-electron chi connectivity index (χ4n) is 1.95. The van der Waals surface area contributed by atoms with Gasteiger partial charge in [-0.2, -0.15) is 18.3 Å². The quantitative estimate of drug-likeness (QED) is 0.806. The summed E-state index contributed by atoms with van der Waals surface area (Å²) in [4.78, 5) is 0. The molecule has 90 valence electrons. The lowest BCUT2D eigenvalue weighted by Crippen LogP contribution is -2.19. The van der Waals surface area contributed by atoms with Crippen LogP contribution in [0.5, 0.6) is 0 Å². The van der Waals surface area contributed by atoms with Crippen molar-refractivity contribution in [3.8, 4) is 0 Å². The van der Waals surface area contributed by atoms with Gasteiger partial charge in [0.1, 0.15) is 0 Å². The zero-order valence-corrected chi connectivity index (χ0v) is 8.80. The van der Waals surface area contributed by atoms with Crippen molar-refractivity contribution < 1.29 is 13.2 Å². The predicted octanol–water partition coefficient (Wildman–Crippen LogP) is 2.53. The highest BCUT2D eigenvalue weighted by Crippen LogP contribution is 2.44. The van der Waals surface area contributed by atoms with E-state index in [0.717, 1.165) is 25.0 Å². The molecule has 17 heavy (non-hydrogen) atoms. The Morgan fingerprint density at radius 3 is 2.59 bits per heavy atom. The van der Waals surface area contributed by atoms with Gasteiger partial charge in [-0.15, -0.1) is 0 Å². The van der Waals surface area contributed by atoms with Crippen molar-refractivity contribution in [1.29, 1.82) is 0 Å². The first-order valence-electron chi connectivity index (χ1n) is 5.25. The Balaban J connectivity index is 2.20. The molecule has 3 nitrogen and oxygen atoms in total. The largest absolute Gasteiger partial charge is 0.416 e. The smallest absolute Gasteiger partial charge is 0.320 e. The number of hydrogen-bond acceptors (Lipinski definition) is 2. The first kappa shape index (κ1) is 10.6. The number of nitrogens with one attached hydrogen (secondary N) is 1. The molecule has 1 saturated carbocycles. The van der Waals surface area contributed by atoms with Crippen molar-refractivity contribution in [2.75, 3.05) is 0 Å². The van der Waals surface area contributed by atoms with Crippen molar-refractivity contribution in [2.45, 2.75) is 24.6 Å². The molecule has 1 aliphatic rings. The highest BCUT2D eigenvalue weighted by Gasteiger charge is 2.43. The number of fused-ring (bicyclic) bond motifs is 1. The van der Waals surface area contributed by atoms with Crippen LogP contribution in [0.1, 0.15) is 24.1 Å². The van der Waals surface area contributed by atoms with E-state index < -0.39 is 17.3 Å². The third-order valence-corrected chi connectivity index (χ3v) is 3.17. The van der Waals surface area contributed by atoms with Crippen LogP contribution in [-0.4, -0.2) is 10.2 Å². The summed E-state index contributed by atoms with van der Waals surface area (Å²) in [5.41, 5.74) is 5.93. The average molecular weight is 241 g/mol. The molecule has 0 amide bonds. The van der Waals surface area contributed by atoms with E-state index in [1.807, 2.05) is 0 Å². The van der Waals surface area contributed by atoms with E-state index in [9.17, 15) is 13.2 Å². The molecule has 1 heterocycles. The topological polar surface area (TPSA) is 54.7 Å². The van der Waals surface area contributed by atoms with Crippen molar-refractivity contribution >= 4 is 10.9 Å². The maximum Gasteiger partial charge on any atom is 0.416 e. The van der Waals surface area contributed by atoms with Crippen molar-refractivity contribution in [1.82, 2.24) is 10.2 Å². The van der Waals surface area contributed by atoms with Crippen LogP contribution in [0.25, 0.3) is 10.9 Å². The lowest BCUT2D eigenvalue weighted by Gasteiger charge is -2.08. The standard InChI is InChI=1S/C11H10F3N3/c12-11(13,14)6-1-2-8-7(5-6)9(17-16-8)10(15)3-4-10/h1-2,5H,3-4,15H2,(H,16,17). The van der Waals surface area contributed by atoms with Crippen LogP contribution in [0, 0.1) is 0 Å². The van der Waals surface area contributed by atoms with Crippen molar-refractivity contribution in [2.24, 2.45) is 5.73 Å². The molecule has 0 radical (unpaired) electrons. The Bertz CT molecular complexity index is 581. The lowest BCUT2D eigenvalue weighted by atomic mass is 10.1. The van der Waals surface area contributed by atoms with Gasteiger partial charge in [-0.3, -0.25) is 5.10 Å². The number of hydrogen-bond donors (Lipinski definition) is 2. The fraction of sp³-hybridized carbons (Fsp3) is 0.364. The Labute approximate surface area is 94.8 Å². The fourth-order valence-corrected chi connectivity index (χ4v) is 1.95. The van der Waals surface area contributed by atoms with Gasteiger partial charge in [0.2, 0.25) is 0 Å². The molecule has 1 fully saturated rings. The summed E-state index contributed by atoms with van der Waals surface area (Å²) in [7, 11) is 0. The Morgan fingerprint density at radius 2 is 2.00 bits per heavy atom. The number of nitrogens with zero attached hydrogens (tertiary/aromatic N) is 1. The van der Waals surface area contributed by atoms with E-state index in [-0.39, 0.29) is 0 Å². The summed E-state index contributed by atoms with van der Waals surface area (Å²) < 4.78 is 37.8. The van der Waals surface area contributed by atoms with Gasteiger partial charge in [0.15, 0.2) is 0 Å². The van der Waals surface area contributed by atoms with E-state index in [4.69, 9.17) is 5.73 Å². The third kappa shape index (κ3) is 1.59. The zero-order chi connectivity index (χ0) is 12.3. The molecule has 0 unspecified atom stereocenters. The molecule has 0 atom stereocenters. The van der Waals surface area contributed by atoms with Gasteiger partial charge in [0, 0.05) is 5.39 Å². The van der Waals surface area contributed by atoms with Crippen LogP contribution < -0.4 is 5.73 Å². The molecule has 6 heteroatoms. The van der Waals surface area contributed by atoms with Gasteiger partial charge in [-0.1, -0.05) is 0 Å². The lowest BCUT2D eigenvalue weighted by molar-refractivity contribution is -0.137. The van der Waals surface area contributed by atoms with Gasteiger partial charge in [-0.25, -0.2) is 0 Å².